The van der Waals surface area contributed by atoms with Crippen LogP contribution in [0.4, 0.5) is 26.3 Å². The molecule has 0 radical (unpaired) electrons. The summed E-state index contributed by atoms with van der Waals surface area (Å²) in [6.45, 7) is 0.434. The van der Waals surface area contributed by atoms with Gasteiger partial charge in [0.15, 0.2) is 11.4 Å². The summed E-state index contributed by atoms with van der Waals surface area (Å²) in [5.74, 6) is 0.721. The van der Waals surface area contributed by atoms with Crippen molar-refractivity contribution in [1.29, 1.82) is 0 Å². The molecule has 0 spiro atoms. The van der Waals surface area contributed by atoms with Crippen LogP contribution in [0.25, 0.3) is 0 Å². The predicted octanol–water partition coefficient (Wildman–Crippen LogP) is 5.93. The molecule has 0 N–H and O–H groups in total. The van der Waals surface area contributed by atoms with E-state index < -0.39 is 23.8 Å². The summed E-state index contributed by atoms with van der Waals surface area (Å²) in [6.07, 6.45) is -8.80. The van der Waals surface area contributed by atoms with Gasteiger partial charge in [0.2, 0.25) is 0 Å². The molecule has 31 heavy (non-hydrogen) atoms. The number of rotatable bonds is 8. The van der Waals surface area contributed by atoms with Crippen molar-refractivity contribution in [2.24, 2.45) is 8.80 Å². The highest BCUT2D eigenvalue weighted by molar-refractivity contribution is 7.79. The molecule has 0 fully saturated rings. The fraction of sp³-hybridized carbons (Fsp3) is 0.263. The maximum Gasteiger partial charge on any atom is 0.434 e. The molecule has 0 heterocycles. The molecule has 0 aliphatic heterocycles. The van der Waals surface area contributed by atoms with Crippen LogP contribution in [-0.4, -0.2) is 37.0 Å². The van der Waals surface area contributed by atoms with Crippen LogP contribution in [0.3, 0.4) is 0 Å². The fourth-order valence-electron chi connectivity index (χ4n) is 2.41. The van der Waals surface area contributed by atoms with E-state index in [4.69, 9.17) is 9.47 Å². The van der Waals surface area contributed by atoms with Crippen molar-refractivity contribution in [2.75, 3.05) is 13.2 Å². The first-order valence-corrected chi connectivity index (χ1v) is 9.41. The van der Waals surface area contributed by atoms with Crippen LogP contribution in [0.5, 0.6) is 11.5 Å². The third-order valence-corrected chi connectivity index (χ3v) is 4.22. The summed E-state index contributed by atoms with van der Waals surface area (Å²) >= 11 is 6.71. The van der Waals surface area contributed by atoms with Gasteiger partial charge in [-0.15, -0.1) is 0 Å². The maximum absolute atomic E-state index is 12.8. The molecule has 0 aliphatic rings. The van der Waals surface area contributed by atoms with Gasteiger partial charge >= 0.3 is 12.4 Å². The van der Waals surface area contributed by atoms with Crippen LogP contribution in [0, 0.1) is 0 Å². The van der Waals surface area contributed by atoms with Crippen LogP contribution in [0.1, 0.15) is 17.5 Å². The summed E-state index contributed by atoms with van der Waals surface area (Å²) in [7, 11) is 0. The zero-order valence-corrected chi connectivity index (χ0v) is 17.4. The second kappa shape index (κ2) is 10.8. The smallest absolute Gasteiger partial charge is 0.434 e. The Kier molecular flexibility index (Phi) is 8.69. The van der Waals surface area contributed by atoms with Gasteiger partial charge < -0.3 is 9.47 Å². The maximum atomic E-state index is 12.8. The van der Waals surface area contributed by atoms with Gasteiger partial charge in [-0.1, -0.05) is 0 Å². The Bertz CT molecular complexity index is 835. The minimum absolute atomic E-state index is 0.140. The lowest BCUT2D eigenvalue weighted by atomic mass is 10.1. The molecule has 0 amide bonds. The normalized spacial score (nSPS) is 13.3. The van der Waals surface area contributed by atoms with Crippen LogP contribution in [0.2, 0.25) is 0 Å². The Labute approximate surface area is 185 Å². The standard InChI is InChI=1S/C19H16F6N2O2S2/c20-18(21,22)16(26-30)12-2-6-14(7-3-12)28-10-1-11-29-15-8-4-13(5-9-15)17(27-31)19(23,24)25/h2-9,30-31H,1,10-11H2/b26-16-,27-17-. The summed E-state index contributed by atoms with van der Waals surface area (Å²) in [5.41, 5.74) is -2.49. The molecule has 0 saturated heterocycles. The molecule has 0 unspecified atom stereocenters. The first kappa shape index (κ1) is 24.9. The number of hydrogen-bond acceptors (Lipinski definition) is 6. The fourth-order valence-corrected chi connectivity index (χ4v) is 2.87. The Morgan fingerprint density at radius 3 is 1.23 bits per heavy atom. The number of hydrogen-bond donors (Lipinski definition) is 2. The van der Waals surface area contributed by atoms with E-state index in [1.165, 1.54) is 48.5 Å². The first-order valence-electron chi connectivity index (χ1n) is 8.61. The monoisotopic (exact) mass is 482 g/mol. The van der Waals surface area contributed by atoms with Gasteiger partial charge in [0, 0.05) is 17.5 Å². The molecular weight excluding hydrogens is 466 g/mol. The summed E-state index contributed by atoms with van der Waals surface area (Å²) in [5, 5.41) is 0. The van der Waals surface area contributed by atoms with E-state index >= 15 is 0 Å². The molecule has 2 rings (SSSR count). The van der Waals surface area contributed by atoms with Crippen molar-refractivity contribution in [1.82, 2.24) is 0 Å². The van der Waals surface area contributed by atoms with Crippen molar-refractivity contribution in [3.05, 3.63) is 59.7 Å². The largest absolute Gasteiger partial charge is 0.493 e. The van der Waals surface area contributed by atoms with Crippen LogP contribution < -0.4 is 9.47 Å². The Morgan fingerprint density at radius 1 is 0.645 bits per heavy atom. The lowest BCUT2D eigenvalue weighted by molar-refractivity contribution is -0.0586. The molecule has 0 aromatic heterocycles. The lowest BCUT2D eigenvalue weighted by Gasteiger charge is -2.12. The third-order valence-electron chi connectivity index (χ3n) is 3.82. The van der Waals surface area contributed by atoms with Crippen molar-refractivity contribution in [3.63, 3.8) is 0 Å². The Hall–Kier alpha value is -2.34. The van der Waals surface area contributed by atoms with Gasteiger partial charge in [0.25, 0.3) is 0 Å². The highest BCUT2D eigenvalue weighted by Crippen LogP contribution is 2.26. The molecule has 0 atom stereocenters. The van der Waals surface area contributed by atoms with E-state index in [-0.39, 0.29) is 24.3 Å². The first-order chi connectivity index (χ1) is 14.6. The molecule has 12 heteroatoms. The molecule has 0 aliphatic carbocycles. The second-order valence-electron chi connectivity index (χ2n) is 5.99. The van der Waals surface area contributed by atoms with Gasteiger partial charge in [-0.3, -0.25) is 0 Å². The topological polar surface area (TPSA) is 43.2 Å². The third kappa shape index (κ3) is 7.39. The van der Waals surface area contributed by atoms with E-state index in [0.29, 0.717) is 17.9 Å². The number of ether oxygens (including phenoxy) is 2. The van der Waals surface area contributed by atoms with Gasteiger partial charge in [-0.05, 0) is 74.2 Å². The zero-order chi connectivity index (χ0) is 23.1. The van der Waals surface area contributed by atoms with Gasteiger partial charge in [-0.25, -0.2) is 8.80 Å². The van der Waals surface area contributed by atoms with E-state index in [9.17, 15) is 26.3 Å². The molecule has 0 bridgehead atoms. The molecule has 168 valence electrons. The molecule has 2 aromatic carbocycles. The highest BCUT2D eigenvalue weighted by Gasteiger charge is 2.37. The molecule has 2 aromatic rings. The lowest BCUT2D eigenvalue weighted by Crippen LogP contribution is -2.23. The molecule has 4 nitrogen and oxygen atoms in total. The SMILES string of the molecule is FC(F)(F)/C(=N\S)c1ccc(OCCCOc2ccc(/C(=N/S)C(F)(F)F)cc2)cc1. The second-order valence-corrected chi connectivity index (χ2v) is 6.39. The van der Waals surface area contributed by atoms with Crippen molar-refractivity contribution >= 4 is 37.1 Å². The number of benzene rings is 2. The number of halogens is 6. The average Bonchev–Trinajstić information content (AvgIpc) is 2.69. The highest BCUT2D eigenvalue weighted by atomic mass is 32.1. The van der Waals surface area contributed by atoms with Crippen molar-refractivity contribution in [2.45, 2.75) is 18.8 Å². The van der Waals surface area contributed by atoms with E-state index in [1.54, 1.807) is 0 Å². The van der Waals surface area contributed by atoms with Crippen molar-refractivity contribution < 1.29 is 35.8 Å². The minimum atomic E-state index is -4.62. The number of alkyl halides is 6. The van der Waals surface area contributed by atoms with Crippen LogP contribution in [0.15, 0.2) is 57.3 Å². The Morgan fingerprint density at radius 2 is 0.968 bits per heavy atom. The van der Waals surface area contributed by atoms with Gasteiger partial charge in [0.1, 0.15) is 11.5 Å². The minimum Gasteiger partial charge on any atom is -0.493 e. The zero-order valence-electron chi connectivity index (χ0n) is 15.6. The van der Waals surface area contributed by atoms with Crippen molar-refractivity contribution in [3.8, 4) is 11.5 Å². The molecule has 0 saturated carbocycles. The van der Waals surface area contributed by atoms with Gasteiger partial charge in [-0.2, -0.15) is 26.3 Å². The van der Waals surface area contributed by atoms with Gasteiger partial charge in [0.05, 0.1) is 13.2 Å². The van der Waals surface area contributed by atoms with Crippen LogP contribution >= 0.6 is 25.6 Å². The number of thiol groups is 2. The Balaban J connectivity index is 1.80. The van der Waals surface area contributed by atoms with E-state index in [1.807, 2.05) is 0 Å². The summed E-state index contributed by atoms with van der Waals surface area (Å²) < 4.78 is 93.5. The average molecular weight is 482 g/mol. The van der Waals surface area contributed by atoms with E-state index in [0.717, 1.165) is 0 Å². The predicted molar refractivity (Wildman–Crippen MR) is 112 cm³/mol. The van der Waals surface area contributed by atoms with E-state index in [2.05, 4.69) is 34.4 Å². The number of nitrogens with zero attached hydrogens (tertiary/aromatic N) is 2. The summed E-state index contributed by atoms with van der Waals surface area (Å²) in [4.78, 5) is 0. The van der Waals surface area contributed by atoms with Crippen LogP contribution in [-0.2, 0) is 0 Å². The quantitative estimate of drug-likeness (QED) is 0.212. The molecular formula is C19H16F6N2O2S2. The summed E-state index contributed by atoms with van der Waals surface area (Å²) in [6, 6.07) is 10.4.